The summed E-state index contributed by atoms with van der Waals surface area (Å²) < 4.78 is 0. The van der Waals surface area contributed by atoms with Gasteiger partial charge in [0.15, 0.2) is 0 Å². The number of amides is 1. The van der Waals surface area contributed by atoms with Crippen LogP contribution in [0.3, 0.4) is 0 Å². The van der Waals surface area contributed by atoms with Gasteiger partial charge in [-0.05, 0) is 50.2 Å². The number of benzene rings is 1. The summed E-state index contributed by atoms with van der Waals surface area (Å²) in [7, 11) is 1.97. The van der Waals surface area contributed by atoms with Gasteiger partial charge in [0.25, 0.3) is 0 Å². The minimum absolute atomic E-state index is 0.173. The topological polar surface area (TPSA) is 118 Å². The Bertz CT molecular complexity index is 939. The molecular weight excluding hydrogens is 520 g/mol. The van der Waals surface area contributed by atoms with E-state index in [2.05, 4.69) is 17.9 Å². The van der Waals surface area contributed by atoms with Gasteiger partial charge in [0, 0.05) is 49.9 Å². The molecule has 9 heteroatoms. The molecule has 39 heavy (non-hydrogen) atoms. The van der Waals surface area contributed by atoms with Gasteiger partial charge < -0.3 is 25.1 Å². The van der Waals surface area contributed by atoms with Crippen LogP contribution in [-0.2, 0) is 20.8 Å². The molecule has 1 aromatic carbocycles. The second-order valence-corrected chi connectivity index (χ2v) is 11.1. The van der Waals surface area contributed by atoms with Crippen molar-refractivity contribution in [2.45, 2.75) is 89.2 Å². The van der Waals surface area contributed by atoms with Gasteiger partial charge in [-0.15, -0.1) is 0 Å². The molecule has 0 aromatic heterocycles. The van der Waals surface area contributed by atoms with Gasteiger partial charge in [0.2, 0.25) is 5.91 Å². The number of carbonyl (C=O) groups excluding carboxylic acids is 1. The van der Waals surface area contributed by atoms with Crippen LogP contribution in [0.1, 0.15) is 76.7 Å². The van der Waals surface area contributed by atoms with E-state index < -0.39 is 17.5 Å². The molecule has 1 unspecified atom stereocenters. The summed E-state index contributed by atoms with van der Waals surface area (Å²) in [4.78, 5) is 37.0. The zero-order valence-electron chi connectivity index (χ0n) is 23.4. The molecular formula is C30H45ClN2O6. The SMILES string of the molecule is CCCCC(C(=O)N(C)C1CCCCC1)C1(O)CCN(CCc2ccccc2Cl)CC1.O=C(O)/C=C/C(=O)O. The first-order valence-electron chi connectivity index (χ1n) is 14.2. The number of piperidine rings is 1. The second-order valence-electron chi connectivity index (χ2n) is 10.7. The number of nitrogens with zero attached hydrogens (tertiary/aromatic N) is 2. The molecule has 0 spiro atoms. The number of aliphatic hydroxyl groups is 1. The van der Waals surface area contributed by atoms with Crippen LogP contribution in [0, 0.1) is 5.92 Å². The van der Waals surface area contributed by atoms with E-state index in [-0.39, 0.29) is 11.8 Å². The number of hydrogen-bond donors (Lipinski definition) is 3. The molecule has 1 saturated heterocycles. The summed E-state index contributed by atoms with van der Waals surface area (Å²) in [6, 6.07) is 8.37. The highest BCUT2D eigenvalue weighted by atomic mass is 35.5. The Morgan fingerprint density at radius 2 is 1.67 bits per heavy atom. The number of aliphatic carboxylic acids is 2. The van der Waals surface area contributed by atoms with E-state index >= 15 is 0 Å². The van der Waals surface area contributed by atoms with Crippen LogP contribution in [-0.4, -0.2) is 81.3 Å². The number of hydrogen-bond acceptors (Lipinski definition) is 5. The highest BCUT2D eigenvalue weighted by Gasteiger charge is 2.44. The minimum atomic E-state index is -1.26. The van der Waals surface area contributed by atoms with E-state index in [4.69, 9.17) is 21.8 Å². The molecule has 1 aliphatic carbocycles. The van der Waals surface area contributed by atoms with Crippen LogP contribution in [0.4, 0.5) is 0 Å². The molecule has 1 amide bonds. The highest BCUT2D eigenvalue weighted by Crippen LogP contribution is 2.36. The minimum Gasteiger partial charge on any atom is -0.478 e. The van der Waals surface area contributed by atoms with Gasteiger partial charge in [0.1, 0.15) is 0 Å². The lowest BCUT2D eigenvalue weighted by atomic mass is 9.75. The Labute approximate surface area is 237 Å². The fourth-order valence-corrected chi connectivity index (χ4v) is 5.79. The first-order chi connectivity index (χ1) is 18.6. The second kappa shape index (κ2) is 16.6. The van der Waals surface area contributed by atoms with E-state index in [9.17, 15) is 19.5 Å². The van der Waals surface area contributed by atoms with E-state index in [0.717, 1.165) is 63.2 Å². The summed E-state index contributed by atoms with van der Waals surface area (Å²) in [6.45, 7) is 4.77. The first kappa shape index (κ1) is 32.8. The molecule has 1 heterocycles. The molecule has 1 aliphatic heterocycles. The van der Waals surface area contributed by atoms with Crippen molar-refractivity contribution in [2.75, 3.05) is 26.7 Å². The summed E-state index contributed by atoms with van der Waals surface area (Å²) in [5.74, 6) is -2.61. The number of carboxylic acid groups (broad SMARTS) is 2. The van der Waals surface area contributed by atoms with Crippen LogP contribution < -0.4 is 0 Å². The van der Waals surface area contributed by atoms with E-state index in [0.29, 0.717) is 31.0 Å². The van der Waals surface area contributed by atoms with Crippen molar-refractivity contribution in [1.82, 2.24) is 9.80 Å². The number of unbranched alkanes of at least 4 members (excludes halogenated alkanes) is 1. The third kappa shape index (κ3) is 10.9. The number of halogens is 1. The predicted molar refractivity (Wildman–Crippen MR) is 153 cm³/mol. The first-order valence-corrected chi connectivity index (χ1v) is 14.5. The van der Waals surface area contributed by atoms with Crippen molar-refractivity contribution >= 4 is 29.4 Å². The lowest BCUT2D eigenvalue weighted by Gasteiger charge is -2.44. The molecule has 3 N–H and O–H groups in total. The molecule has 0 radical (unpaired) electrons. The molecule has 3 rings (SSSR count). The Morgan fingerprint density at radius 3 is 2.21 bits per heavy atom. The standard InChI is InChI=1S/C26H41ClN2O2.C4H4O4/c1-3-4-13-23(25(30)28(2)22-11-6-5-7-12-22)26(31)16-19-29(20-17-26)18-15-21-10-8-9-14-24(21)27;5-3(6)1-2-4(7)8/h8-10,14,22-23,31H,3-7,11-13,15-20H2,1-2H3;1-2H,(H,5,6)(H,7,8)/b;2-1+. The summed E-state index contributed by atoms with van der Waals surface area (Å²) in [6.07, 6.45) is 12.2. The maximum atomic E-state index is 13.5. The van der Waals surface area contributed by atoms with Gasteiger partial charge in [-0.25, -0.2) is 9.59 Å². The maximum absolute atomic E-state index is 13.5. The zero-order valence-corrected chi connectivity index (χ0v) is 24.1. The Hall–Kier alpha value is -2.42. The number of likely N-dealkylation sites (tertiary alicyclic amines) is 1. The van der Waals surface area contributed by atoms with Gasteiger partial charge in [0.05, 0.1) is 11.5 Å². The molecule has 1 atom stereocenters. The lowest BCUT2D eigenvalue weighted by molar-refractivity contribution is -0.152. The van der Waals surface area contributed by atoms with Gasteiger partial charge in [-0.1, -0.05) is 68.8 Å². The molecule has 1 saturated carbocycles. The maximum Gasteiger partial charge on any atom is 0.328 e. The average Bonchev–Trinajstić information content (AvgIpc) is 2.93. The fraction of sp³-hybridized carbons (Fsp3) is 0.633. The molecule has 0 bridgehead atoms. The van der Waals surface area contributed by atoms with Crippen molar-refractivity contribution in [3.63, 3.8) is 0 Å². The van der Waals surface area contributed by atoms with Crippen LogP contribution in [0.25, 0.3) is 0 Å². The Balaban J connectivity index is 0.000000580. The van der Waals surface area contributed by atoms with Crippen LogP contribution in [0.2, 0.25) is 5.02 Å². The van der Waals surface area contributed by atoms with Crippen molar-refractivity contribution in [3.8, 4) is 0 Å². The molecule has 218 valence electrons. The predicted octanol–water partition coefficient (Wildman–Crippen LogP) is 5.02. The van der Waals surface area contributed by atoms with Crippen LogP contribution in [0.15, 0.2) is 36.4 Å². The van der Waals surface area contributed by atoms with Gasteiger partial charge in [-0.3, -0.25) is 4.79 Å². The van der Waals surface area contributed by atoms with Crippen molar-refractivity contribution in [1.29, 1.82) is 0 Å². The summed E-state index contributed by atoms with van der Waals surface area (Å²) in [5.41, 5.74) is 0.297. The molecule has 2 fully saturated rings. The van der Waals surface area contributed by atoms with E-state index in [1.807, 2.05) is 30.1 Å². The largest absolute Gasteiger partial charge is 0.478 e. The van der Waals surface area contributed by atoms with Crippen molar-refractivity contribution in [3.05, 3.63) is 47.0 Å². The average molecular weight is 565 g/mol. The molecule has 2 aliphatic rings. The normalized spacial score (nSPS) is 18.7. The third-order valence-corrected chi connectivity index (χ3v) is 8.38. The van der Waals surface area contributed by atoms with Crippen molar-refractivity contribution in [2.24, 2.45) is 5.92 Å². The monoisotopic (exact) mass is 564 g/mol. The number of rotatable bonds is 11. The lowest BCUT2D eigenvalue weighted by Crippen LogP contribution is -2.55. The van der Waals surface area contributed by atoms with Crippen LogP contribution >= 0.6 is 11.6 Å². The number of carboxylic acids is 2. The Kier molecular flexibility index (Phi) is 14.0. The van der Waals surface area contributed by atoms with Gasteiger partial charge >= 0.3 is 11.9 Å². The zero-order chi connectivity index (χ0) is 28.8. The molecule has 1 aromatic rings. The van der Waals surface area contributed by atoms with Gasteiger partial charge in [-0.2, -0.15) is 0 Å². The summed E-state index contributed by atoms with van der Waals surface area (Å²) in [5, 5.41) is 28.1. The number of carbonyl (C=O) groups is 3. The molecule has 8 nitrogen and oxygen atoms in total. The quantitative estimate of drug-likeness (QED) is 0.323. The van der Waals surface area contributed by atoms with Crippen molar-refractivity contribution < 1.29 is 29.7 Å². The van der Waals surface area contributed by atoms with Crippen LogP contribution in [0.5, 0.6) is 0 Å². The van der Waals surface area contributed by atoms with E-state index in [1.54, 1.807) is 0 Å². The highest BCUT2D eigenvalue weighted by molar-refractivity contribution is 6.31. The third-order valence-electron chi connectivity index (χ3n) is 8.01. The fourth-order valence-electron chi connectivity index (χ4n) is 5.56. The van der Waals surface area contributed by atoms with E-state index in [1.165, 1.54) is 24.8 Å². The smallest absolute Gasteiger partial charge is 0.328 e. The Morgan fingerprint density at radius 1 is 1.08 bits per heavy atom. The summed E-state index contributed by atoms with van der Waals surface area (Å²) >= 11 is 6.31.